The van der Waals surface area contributed by atoms with Crippen LogP contribution >= 0.6 is 11.8 Å². The molecule has 0 aliphatic carbocycles. The number of imidazole rings is 1. The Bertz CT molecular complexity index is 141. The number of aromatic amines is 1. The Kier molecular flexibility index (Phi) is 5.85. The van der Waals surface area contributed by atoms with Crippen molar-refractivity contribution in [2.24, 2.45) is 0 Å². The van der Waals surface area contributed by atoms with Gasteiger partial charge in [-0.15, -0.1) is 0 Å². The minimum atomic E-state index is 0. The van der Waals surface area contributed by atoms with Crippen molar-refractivity contribution in [2.45, 2.75) is 5.75 Å². The zero-order chi connectivity index (χ0) is 5.82. The van der Waals surface area contributed by atoms with Crippen molar-refractivity contribution in [1.82, 2.24) is 9.97 Å². The first-order valence-electron chi connectivity index (χ1n) is 2.27. The van der Waals surface area contributed by atoms with Gasteiger partial charge < -0.3 is 16.7 Å². The van der Waals surface area contributed by atoms with E-state index in [0.29, 0.717) is 0 Å². The molecule has 0 unspecified atom stereocenters. The number of H-pyrrole nitrogens is 1. The van der Waals surface area contributed by atoms with Gasteiger partial charge in [-0.1, -0.05) is 0 Å². The molecule has 0 saturated carbocycles. The van der Waals surface area contributed by atoms with Crippen LogP contribution in [0.5, 0.6) is 0 Å². The fourth-order valence-corrected chi connectivity index (χ4v) is 0.851. The summed E-state index contributed by atoms with van der Waals surface area (Å²) in [6.07, 6.45) is 7.11. The van der Waals surface area contributed by atoms with Gasteiger partial charge in [-0.25, -0.2) is 4.98 Å². The Morgan fingerprint density at radius 1 is 1.78 bits per heavy atom. The summed E-state index contributed by atoms with van der Waals surface area (Å²) in [6.45, 7) is 0. The Morgan fingerprint density at radius 2 is 2.56 bits per heavy atom. The van der Waals surface area contributed by atoms with E-state index in [9.17, 15) is 0 Å². The van der Waals surface area contributed by atoms with E-state index in [1.807, 2.05) is 0 Å². The second kappa shape index (κ2) is 5.45. The minimum Gasteiger partial charge on any atom is -0.348 e. The third-order valence-electron chi connectivity index (χ3n) is 0.812. The molecular formula is C5H7N2SY-. The first-order chi connectivity index (χ1) is 3.93. The van der Waals surface area contributed by atoms with Gasteiger partial charge in [-0.2, -0.15) is 0 Å². The number of aromatic nitrogens is 2. The first kappa shape index (κ1) is 9.66. The van der Waals surface area contributed by atoms with Crippen LogP contribution < -0.4 is 0 Å². The quantitative estimate of drug-likeness (QED) is 0.757. The summed E-state index contributed by atoms with van der Waals surface area (Å²) >= 11 is 1.54. The summed E-state index contributed by atoms with van der Waals surface area (Å²) in [4.78, 5) is 6.81. The standard InChI is InChI=1S/C5H7N2S.Y/c1-8-3-5-2-6-4-7-5;/h2,4H,1,3H2,(H,6,7);/q-1;. The molecule has 0 aliphatic rings. The zero-order valence-electron chi connectivity index (χ0n) is 5.00. The molecule has 47 valence electrons. The molecular weight excluding hydrogens is 209 g/mol. The number of nitrogens with one attached hydrogen (secondary N) is 1. The van der Waals surface area contributed by atoms with Gasteiger partial charge in [0.2, 0.25) is 0 Å². The number of rotatable bonds is 2. The van der Waals surface area contributed by atoms with Gasteiger partial charge in [0.05, 0.1) is 6.33 Å². The van der Waals surface area contributed by atoms with E-state index >= 15 is 0 Å². The predicted octanol–water partition coefficient (Wildman–Crippen LogP) is 1.43. The van der Waals surface area contributed by atoms with Crippen LogP contribution in [0.4, 0.5) is 0 Å². The van der Waals surface area contributed by atoms with Crippen LogP contribution in [0.2, 0.25) is 0 Å². The molecule has 1 aromatic rings. The predicted molar refractivity (Wildman–Crippen MR) is 35.2 cm³/mol. The normalized spacial score (nSPS) is 8.56. The van der Waals surface area contributed by atoms with Crippen molar-refractivity contribution >= 4 is 11.8 Å². The van der Waals surface area contributed by atoms with Crippen molar-refractivity contribution < 1.29 is 32.7 Å². The molecule has 0 spiro atoms. The zero-order valence-corrected chi connectivity index (χ0v) is 8.66. The summed E-state index contributed by atoms with van der Waals surface area (Å²) in [7, 11) is 0. The van der Waals surface area contributed by atoms with E-state index in [1.54, 1.807) is 12.5 Å². The molecule has 0 amide bonds. The van der Waals surface area contributed by atoms with Gasteiger partial charge in [-0.3, -0.25) is 6.26 Å². The maximum Gasteiger partial charge on any atom is 0.0921 e. The fourth-order valence-electron chi connectivity index (χ4n) is 0.474. The van der Waals surface area contributed by atoms with E-state index in [-0.39, 0.29) is 32.7 Å². The van der Waals surface area contributed by atoms with Crippen molar-refractivity contribution in [3.05, 3.63) is 24.5 Å². The second-order valence-corrected chi connectivity index (χ2v) is 2.12. The maximum absolute atomic E-state index is 3.84. The van der Waals surface area contributed by atoms with Gasteiger partial charge >= 0.3 is 0 Å². The van der Waals surface area contributed by atoms with Gasteiger partial charge in [0.25, 0.3) is 0 Å². The summed E-state index contributed by atoms with van der Waals surface area (Å²) in [6, 6.07) is 0. The second-order valence-electron chi connectivity index (χ2n) is 1.43. The number of thioether (sulfide) groups is 1. The third-order valence-corrected chi connectivity index (χ3v) is 1.33. The summed E-state index contributed by atoms with van der Waals surface area (Å²) < 4.78 is 0. The molecule has 2 nitrogen and oxygen atoms in total. The molecule has 0 fully saturated rings. The molecule has 9 heavy (non-hydrogen) atoms. The van der Waals surface area contributed by atoms with Crippen LogP contribution in [0.25, 0.3) is 0 Å². The molecule has 1 heterocycles. The van der Waals surface area contributed by atoms with Crippen LogP contribution in [0.1, 0.15) is 5.69 Å². The smallest absolute Gasteiger partial charge is 0.0921 e. The van der Waals surface area contributed by atoms with E-state index in [1.165, 1.54) is 11.8 Å². The Morgan fingerprint density at radius 3 is 3.00 bits per heavy atom. The van der Waals surface area contributed by atoms with Crippen LogP contribution in [0.15, 0.2) is 12.5 Å². The Balaban J connectivity index is 0.000000640. The molecule has 1 rings (SSSR count). The first-order valence-corrected chi connectivity index (χ1v) is 3.43. The molecule has 0 bridgehead atoms. The van der Waals surface area contributed by atoms with E-state index in [4.69, 9.17) is 0 Å². The Hall–Kier alpha value is 0.664. The van der Waals surface area contributed by atoms with E-state index < -0.39 is 0 Å². The molecule has 0 atom stereocenters. The summed E-state index contributed by atoms with van der Waals surface area (Å²) in [5.41, 5.74) is 1.13. The summed E-state index contributed by atoms with van der Waals surface area (Å²) in [5.74, 6) is 0.917. The van der Waals surface area contributed by atoms with Gasteiger partial charge in [-0.05, 0) is 0 Å². The fraction of sp³-hybridized carbons (Fsp3) is 0.200. The molecule has 4 heteroatoms. The van der Waals surface area contributed by atoms with Crippen molar-refractivity contribution in [2.75, 3.05) is 0 Å². The van der Waals surface area contributed by atoms with Crippen molar-refractivity contribution in [3.63, 3.8) is 0 Å². The molecule has 0 aromatic carbocycles. The maximum atomic E-state index is 3.84. The molecule has 0 saturated heterocycles. The van der Waals surface area contributed by atoms with Crippen molar-refractivity contribution in [3.8, 4) is 0 Å². The van der Waals surface area contributed by atoms with E-state index in [0.717, 1.165) is 11.4 Å². The third kappa shape index (κ3) is 3.38. The van der Waals surface area contributed by atoms with Crippen LogP contribution in [0.3, 0.4) is 0 Å². The average Bonchev–Trinajstić information content (AvgIpc) is 2.19. The monoisotopic (exact) mass is 216 g/mol. The number of nitrogens with zero attached hydrogens (tertiary/aromatic N) is 1. The van der Waals surface area contributed by atoms with Crippen LogP contribution in [-0.4, -0.2) is 9.97 Å². The van der Waals surface area contributed by atoms with Crippen molar-refractivity contribution in [1.29, 1.82) is 0 Å². The SMILES string of the molecule is [CH2-]SCc1cnc[nH]1.[Y]. The molecule has 1 radical (unpaired) electrons. The number of hydrogen-bond acceptors (Lipinski definition) is 2. The summed E-state index contributed by atoms with van der Waals surface area (Å²) in [5, 5.41) is 0. The van der Waals surface area contributed by atoms with Crippen LogP contribution in [0, 0.1) is 6.26 Å². The van der Waals surface area contributed by atoms with Gasteiger partial charge in [0.1, 0.15) is 0 Å². The topological polar surface area (TPSA) is 28.7 Å². The number of hydrogen-bond donors (Lipinski definition) is 1. The van der Waals surface area contributed by atoms with Gasteiger partial charge in [0, 0.05) is 50.4 Å². The minimum absolute atomic E-state index is 0. The Labute approximate surface area is 84.1 Å². The van der Waals surface area contributed by atoms with Gasteiger partial charge in [0.15, 0.2) is 0 Å². The molecule has 1 aromatic heterocycles. The molecule has 0 aliphatic heterocycles. The van der Waals surface area contributed by atoms with E-state index in [2.05, 4.69) is 16.2 Å². The largest absolute Gasteiger partial charge is 0.348 e. The molecule has 1 N–H and O–H groups in total. The van der Waals surface area contributed by atoms with Crippen LogP contribution in [-0.2, 0) is 38.5 Å². The average molecular weight is 216 g/mol.